The summed E-state index contributed by atoms with van der Waals surface area (Å²) >= 11 is 5.68. The monoisotopic (exact) mass is 619 g/mol. The first kappa shape index (κ1) is 24.9. The summed E-state index contributed by atoms with van der Waals surface area (Å²) < 4.78 is 24.6. The standard InChI is InChI=1S/C26H23BrINO4/c1-4-32-25-13-18(11-20(15-29)19-7-10-23(30-2)24(14-19)31-3)12-22(28)26(25)33-16-17-5-8-21(27)9-6-17/h5-14H,4,16H2,1-3H3/b20-11+. The molecule has 0 amide bonds. The lowest BCUT2D eigenvalue weighted by atomic mass is 10.0. The fourth-order valence-electron chi connectivity index (χ4n) is 3.16. The Balaban J connectivity index is 1.93. The van der Waals surface area contributed by atoms with Gasteiger partial charge >= 0.3 is 0 Å². The van der Waals surface area contributed by atoms with E-state index in [1.807, 2.05) is 55.5 Å². The van der Waals surface area contributed by atoms with E-state index in [1.165, 1.54) is 0 Å². The lowest BCUT2D eigenvalue weighted by Crippen LogP contribution is -2.02. The summed E-state index contributed by atoms with van der Waals surface area (Å²) in [6, 6.07) is 19.5. The molecule has 7 heteroatoms. The fourth-order valence-corrected chi connectivity index (χ4v) is 4.21. The second-order valence-electron chi connectivity index (χ2n) is 6.92. The number of ether oxygens (including phenoxy) is 4. The van der Waals surface area contributed by atoms with Gasteiger partial charge in [-0.1, -0.05) is 28.1 Å². The molecule has 0 atom stereocenters. The van der Waals surface area contributed by atoms with E-state index >= 15 is 0 Å². The number of rotatable bonds is 9. The lowest BCUT2D eigenvalue weighted by molar-refractivity contribution is 0.267. The van der Waals surface area contributed by atoms with Crippen LogP contribution in [-0.2, 0) is 6.61 Å². The minimum Gasteiger partial charge on any atom is -0.493 e. The number of benzene rings is 3. The van der Waals surface area contributed by atoms with Crippen molar-refractivity contribution in [3.63, 3.8) is 0 Å². The van der Waals surface area contributed by atoms with Crippen molar-refractivity contribution in [2.75, 3.05) is 20.8 Å². The Morgan fingerprint density at radius 1 is 0.970 bits per heavy atom. The van der Waals surface area contributed by atoms with Crippen LogP contribution in [0.25, 0.3) is 11.6 Å². The Morgan fingerprint density at radius 2 is 1.70 bits per heavy atom. The molecule has 0 heterocycles. The van der Waals surface area contributed by atoms with E-state index in [2.05, 4.69) is 44.6 Å². The van der Waals surface area contributed by atoms with Crippen molar-refractivity contribution in [3.8, 4) is 29.1 Å². The second kappa shape index (κ2) is 12.0. The van der Waals surface area contributed by atoms with Gasteiger partial charge in [-0.2, -0.15) is 5.26 Å². The summed E-state index contributed by atoms with van der Waals surface area (Å²) in [5.41, 5.74) is 3.13. The molecule has 0 aliphatic carbocycles. The molecule has 0 aliphatic rings. The third kappa shape index (κ3) is 6.42. The molecule has 3 aromatic carbocycles. The number of methoxy groups -OCH3 is 2. The molecule has 0 aliphatic heterocycles. The zero-order valence-electron chi connectivity index (χ0n) is 18.5. The predicted octanol–water partition coefficient (Wildman–Crippen LogP) is 7.11. The SMILES string of the molecule is CCOc1cc(/C=C(\C#N)c2ccc(OC)c(OC)c2)cc(I)c1OCc1ccc(Br)cc1. The van der Waals surface area contributed by atoms with Crippen molar-refractivity contribution in [2.24, 2.45) is 0 Å². The van der Waals surface area contributed by atoms with Gasteiger partial charge in [0, 0.05) is 4.47 Å². The average molecular weight is 620 g/mol. The van der Waals surface area contributed by atoms with Crippen LogP contribution < -0.4 is 18.9 Å². The summed E-state index contributed by atoms with van der Waals surface area (Å²) in [7, 11) is 3.15. The average Bonchev–Trinajstić information content (AvgIpc) is 2.82. The van der Waals surface area contributed by atoms with Gasteiger partial charge in [0.1, 0.15) is 6.61 Å². The highest BCUT2D eigenvalue weighted by Crippen LogP contribution is 2.37. The van der Waals surface area contributed by atoms with Crippen molar-refractivity contribution in [1.29, 1.82) is 5.26 Å². The minimum atomic E-state index is 0.424. The van der Waals surface area contributed by atoms with Crippen LogP contribution in [0.3, 0.4) is 0 Å². The van der Waals surface area contributed by atoms with Gasteiger partial charge in [-0.15, -0.1) is 0 Å². The number of hydrogen-bond donors (Lipinski definition) is 0. The second-order valence-corrected chi connectivity index (χ2v) is 9.00. The quantitative estimate of drug-likeness (QED) is 0.145. The van der Waals surface area contributed by atoms with Gasteiger partial charge in [0.05, 0.1) is 36.0 Å². The van der Waals surface area contributed by atoms with Gasteiger partial charge in [0.2, 0.25) is 0 Å². The number of nitrogens with zero attached hydrogens (tertiary/aromatic N) is 1. The van der Waals surface area contributed by atoms with Gasteiger partial charge in [0.25, 0.3) is 0 Å². The molecule has 3 aromatic rings. The molecule has 5 nitrogen and oxygen atoms in total. The van der Waals surface area contributed by atoms with E-state index in [-0.39, 0.29) is 0 Å². The summed E-state index contributed by atoms with van der Waals surface area (Å²) in [4.78, 5) is 0. The first-order chi connectivity index (χ1) is 16.0. The van der Waals surface area contributed by atoms with Crippen molar-refractivity contribution in [2.45, 2.75) is 13.5 Å². The van der Waals surface area contributed by atoms with Crippen molar-refractivity contribution in [3.05, 3.63) is 79.3 Å². The van der Waals surface area contributed by atoms with Gasteiger partial charge in [-0.05, 0) is 94.7 Å². The van der Waals surface area contributed by atoms with Gasteiger partial charge in [0.15, 0.2) is 23.0 Å². The van der Waals surface area contributed by atoms with E-state index in [0.29, 0.717) is 41.8 Å². The van der Waals surface area contributed by atoms with E-state index in [1.54, 1.807) is 26.4 Å². The van der Waals surface area contributed by atoms with Gasteiger partial charge < -0.3 is 18.9 Å². The Kier molecular flexibility index (Phi) is 9.03. The highest BCUT2D eigenvalue weighted by molar-refractivity contribution is 14.1. The maximum atomic E-state index is 9.81. The van der Waals surface area contributed by atoms with Crippen LogP contribution in [0.2, 0.25) is 0 Å². The molecule has 0 aromatic heterocycles. The molecular formula is C26H23BrINO4. The Hall–Kier alpha value is -2.70. The van der Waals surface area contributed by atoms with Crippen molar-refractivity contribution < 1.29 is 18.9 Å². The number of halogens is 2. The predicted molar refractivity (Wildman–Crippen MR) is 142 cm³/mol. The number of hydrogen-bond acceptors (Lipinski definition) is 5. The van der Waals surface area contributed by atoms with Crippen LogP contribution in [-0.4, -0.2) is 20.8 Å². The maximum absolute atomic E-state index is 9.81. The number of allylic oxidation sites excluding steroid dienone is 1. The summed E-state index contributed by atoms with van der Waals surface area (Å²) in [6.45, 7) is 2.85. The molecule has 170 valence electrons. The lowest BCUT2D eigenvalue weighted by Gasteiger charge is -2.15. The number of nitriles is 1. The largest absolute Gasteiger partial charge is 0.493 e. The fraction of sp³-hybridized carbons (Fsp3) is 0.192. The maximum Gasteiger partial charge on any atom is 0.175 e. The molecule has 3 rings (SSSR count). The normalized spacial score (nSPS) is 11.0. The van der Waals surface area contributed by atoms with Crippen molar-refractivity contribution in [1.82, 2.24) is 0 Å². The van der Waals surface area contributed by atoms with E-state index < -0.39 is 0 Å². The molecule has 0 unspecified atom stereocenters. The first-order valence-corrected chi connectivity index (χ1v) is 12.0. The molecule has 0 bridgehead atoms. The third-order valence-corrected chi connectivity index (χ3v) is 6.08. The Morgan fingerprint density at radius 3 is 2.33 bits per heavy atom. The smallest absolute Gasteiger partial charge is 0.175 e. The highest BCUT2D eigenvalue weighted by Gasteiger charge is 2.14. The summed E-state index contributed by atoms with van der Waals surface area (Å²) in [6.07, 6.45) is 1.82. The van der Waals surface area contributed by atoms with Crippen LogP contribution in [0.15, 0.2) is 59.1 Å². The molecule has 0 saturated heterocycles. The van der Waals surface area contributed by atoms with Crippen LogP contribution in [0.1, 0.15) is 23.6 Å². The van der Waals surface area contributed by atoms with E-state index in [4.69, 9.17) is 18.9 Å². The molecule has 0 radical (unpaired) electrons. The van der Waals surface area contributed by atoms with E-state index in [0.717, 1.165) is 24.7 Å². The minimum absolute atomic E-state index is 0.424. The van der Waals surface area contributed by atoms with Crippen LogP contribution in [0.4, 0.5) is 0 Å². The van der Waals surface area contributed by atoms with Crippen molar-refractivity contribution >= 4 is 50.2 Å². The third-order valence-electron chi connectivity index (χ3n) is 4.75. The van der Waals surface area contributed by atoms with Crippen LogP contribution in [0, 0.1) is 14.9 Å². The first-order valence-electron chi connectivity index (χ1n) is 10.2. The molecule has 0 spiro atoms. The molecule has 0 fully saturated rings. The van der Waals surface area contributed by atoms with Gasteiger partial charge in [-0.3, -0.25) is 0 Å². The molecule has 0 N–H and O–H groups in total. The highest BCUT2D eigenvalue weighted by atomic mass is 127. The van der Waals surface area contributed by atoms with E-state index in [9.17, 15) is 5.26 Å². The summed E-state index contributed by atoms with van der Waals surface area (Å²) in [5, 5.41) is 9.81. The Labute approximate surface area is 216 Å². The summed E-state index contributed by atoms with van der Waals surface area (Å²) in [5.74, 6) is 2.50. The zero-order chi connectivity index (χ0) is 23.8. The molecule has 33 heavy (non-hydrogen) atoms. The zero-order valence-corrected chi connectivity index (χ0v) is 22.3. The topological polar surface area (TPSA) is 60.7 Å². The van der Waals surface area contributed by atoms with Crippen LogP contribution >= 0.6 is 38.5 Å². The van der Waals surface area contributed by atoms with Gasteiger partial charge in [-0.25, -0.2) is 0 Å². The molecular weight excluding hydrogens is 597 g/mol. The Bertz CT molecular complexity index is 1190. The van der Waals surface area contributed by atoms with Crippen LogP contribution in [0.5, 0.6) is 23.0 Å². The molecule has 0 saturated carbocycles.